The van der Waals surface area contributed by atoms with Crippen molar-refractivity contribution in [2.75, 3.05) is 12.5 Å². The fourth-order valence-corrected chi connectivity index (χ4v) is 2.63. The van der Waals surface area contributed by atoms with E-state index >= 15 is 0 Å². The summed E-state index contributed by atoms with van der Waals surface area (Å²) >= 11 is 1.48. The van der Waals surface area contributed by atoms with Crippen LogP contribution in [0.15, 0.2) is 59.0 Å². The number of rotatable bonds is 5. The van der Waals surface area contributed by atoms with Crippen LogP contribution in [-0.4, -0.2) is 23.4 Å². The standard InChI is InChI=1S/C17H15N3O2S/c1-22-15-4-2-3-13(9-15)16-11-23-17(19-16)20-18-10-12-5-7-14(21)8-6-12/h2-11,21H,1H3,(H,19,20)/b18-10-. The molecular weight excluding hydrogens is 310 g/mol. The predicted molar refractivity (Wildman–Crippen MR) is 93.4 cm³/mol. The largest absolute Gasteiger partial charge is 0.508 e. The number of aromatic nitrogens is 1. The van der Waals surface area contributed by atoms with Crippen molar-refractivity contribution in [1.82, 2.24) is 4.98 Å². The molecule has 2 N–H and O–H groups in total. The van der Waals surface area contributed by atoms with Crippen LogP contribution in [0.25, 0.3) is 11.3 Å². The first-order valence-corrected chi connectivity index (χ1v) is 7.80. The maximum absolute atomic E-state index is 9.23. The second-order valence-corrected chi connectivity index (χ2v) is 5.59. The van der Waals surface area contributed by atoms with Gasteiger partial charge in [-0.3, -0.25) is 5.43 Å². The SMILES string of the molecule is COc1cccc(-c2csc(N/N=C\c3ccc(O)cc3)n2)c1. The van der Waals surface area contributed by atoms with Gasteiger partial charge in [-0.2, -0.15) is 5.10 Å². The maximum atomic E-state index is 9.23. The minimum absolute atomic E-state index is 0.234. The van der Waals surface area contributed by atoms with Crippen molar-refractivity contribution in [2.24, 2.45) is 5.10 Å². The smallest absolute Gasteiger partial charge is 0.203 e. The third kappa shape index (κ3) is 3.87. The third-order valence-corrected chi connectivity index (χ3v) is 3.88. The molecule has 0 amide bonds. The molecule has 6 heteroatoms. The fraction of sp³-hybridized carbons (Fsp3) is 0.0588. The average Bonchev–Trinajstić information content (AvgIpc) is 3.06. The average molecular weight is 325 g/mol. The third-order valence-electron chi connectivity index (χ3n) is 3.14. The molecule has 0 radical (unpaired) electrons. The summed E-state index contributed by atoms with van der Waals surface area (Å²) in [7, 11) is 1.64. The molecule has 0 saturated carbocycles. The van der Waals surface area contributed by atoms with Crippen molar-refractivity contribution >= 4 is 22.7 Å². The summed E-state index contributed by atoms with van der Waals surface area (Å²) in [5.41, 5.74) is 5.67. The lowest BCUT2D eigenvalue weighted by Crippen LogP contribution is -1.90. The van der Waals surface area contributed by atoms with Gasteiger partial charge < -0.3 is 9.84 Å². The van der Waals surface area contributed by atoms with Crippen LogP contribution < -0.4 is 10.2 Å². The van der Waals surface area contributed by atoms with Crippen LogP contribution in [0.4, 0.5) is 5.13 Å². The molecule has 0 aliphatic carbocycles. The highest BCUT2D eigenvalue weighted by Crippen LogP contribution is 2.27. The summed E-state index contributed by atoms with van der Waals surface area (Å²) in [5, 5.41) is 16.1. The van der Waals surface area contributed by atoms with Crippen LogP contribution in [0.2, 0.25) is 0 Å². The highest BCUT2D eigenvalue weighted by atomic mass is 32.1. The zero-order chi connectivity index (χ0) is 16.1. The van der Waals surface area contributed by atoms with E-state index in [2.05, 4.69) is 15.5 Å². The van der Waals surface area contributed by atoms with Crippen LogP contribution in [0.5, 0.6) is 11.5 Å². The molecule has 0 saturated heterocycles. The van der Waals surface area contributed by atoms with Gasteiger partial charge in [0.15, 0.2) is 0 Å². The summed E-state index contributed by atoms with van der Waals surface area (Å²) in [4.78, 5) is 4.50. The number of ether oxygens (including phenoxy) is 1. The van der Waals surface area contributed by atoms with Crippen molar-refractivity contribution in [3.8, 4) is 22.8 Å². The van der Waals surface area contributed by atoms with E-state index in [0.717, 1.165) is 22.6 Å². The molecule has 3 aromatic rings. The number of hydrogen-bond donors (Lipinski definition) is 2. The molecule has 116 valence electrons. The Morgan fingerprint density at radius 2 is 2.04 bits per heavy atom. The predicted octanol–water partition coefficient (Wildman–Crippen LogP) is 3.97. The van der Waals surface area contributed by atoms with Gasteiger partial charge in [-0.1, -0.05) is 12.1 Å². The first-order valence-electron chi connectivity index (χ1n) is 6.92. The van der Waals surface area contributed by atoms with Gasteiger partial charge in [0.25, 0.3) is 0 Å². The summed E-state index contributed by atoms with van der Waals surface area (Å²) in [6, 6.07) is 14.6. The molecule has 1 heterocycles. The molecule has 3 rings (SSSR count). The number of thiazole rings is 1. The number of methoxy groups -OCH3 is 1. The summed E-state index contributed by atoms with van der Waals surface area (Å²) < 4.78 is 5.22. The topological polar surface area (TPSA) is 66.7 Å². The van der Waals surface area contributed by atoms with E-state index < -0.39 is 0 Å². The molecule has 23 heavy (non-hydrogen) atoms. The number of aromatic hydroxyl groups is 1. The van der Waals surface area contributed by atoms with E-state index in [0.29, 0.717) is 5.13 Å². The Morgan fingerprint density at radius 1 is 1.22 bits per heavy atom. The first-order chi connectivity index (χ1) is 11.2. The Kier molecular flexibility index (Phi) is 4.54. The van der Waals surface area contributed by atoms with Gasteiger partial charge in [-0.05, 0) is 42.0 Å². The molecule has 0 spiro atoms. The van der Waals surface area contributed by atoms with Gasteiger partial charge >= 0.3 is 0 Å². The van der Waals surface area contributed by atoms with Crippen LogP contribution >= 0.6 is 11.3 Å². The van der Waals surface area contributed by atoms with E-state index in [-0.39, 0.29) is 5.75 Å². The zero-order valence-corrected chi connectivity index (χ0v) is 13.2. The highest BCUT2D eigenvalue weighted by molar-refractivity contribution is 7.14. The van der Waals surface area contributed by atoms with E-state index in [4.69, 9.17) is 4.74 Å². The molecular formula is C17H15N3O2S. The first kappa shape index (κ1) is 15.1. The highest BCUT2D eigenvalue weighted by Gasteiger charge is 2.05. The van der Waals surface area contributed by atoms with Crippen molar-refractivity contribution in [3.63, 3.8) is 0 Å². The molecule has 5 nitrogen and oxygen atoms in total. The van der Waals surface area contributed by atoms with Crippen LogP contribution in [0.1, 0.15) is 5.56 Å². The molecule has 0 aliphatic rings. The zero-order valence-electron chi connectivity index (χ0n) is 12.4. The van der Waals surface area contributed by atoms with Crippen molar-refractivity contribution < 1.29 is 9.84 Å². The Hall–Kier alpha value is -2.86. The number of phenols is 1. The van der Waals surface area contributed by atoms with Crippen molar-refractivity contribution in [3.05, 3.63) is 59.5 Å². The number of hydrogen-bond acceptors (Lipinski definition) is 6. The lowest BCUT2D eigenvalue weighted by molar-refractivity contribution is 0.415. The Labute approximate surface area is 137 Å². The van der Waals surface area contributed by atoms with Crippen LogP contribution in [-0.2, 0) is 0 Å². The van der Waals surface area contributed by atoms with E-state index in [1.54, 1.807) is 37.6 Å². The Bertz CT molecular complexity index is 813. The molecule has 2 aromatic carbocycles. The lowest BCUT2D eigenvalue weighted by atomic mass is 10.2. The van der Waals surface area contributed by atoms with E-state index in [9.17, 15) is 5.11 Å². The molecule has 0 aliphatic heterocycles. The van der Waals surface area contributed by atoms with Gasteiger partial charge in [0.2, 0.25) is 5.13 Å². The number of anilines is 1. The van der Waals surface area contributed by atoms with Gasteiger partial charge in [-0.25, -0.2) is 4.98 Å². The minimum Gasteiger partial charge on any atom is -0.508 e. The minimum atomic E-state index is 0.234. The number of hydrazone groups is 1. The molecule has 0 atom stereocenters. The normalized spacial score (nSPS) is 10.8. The van der Waals surface area contributed by atoms with Crippen LogP contribution in [0.3, 0.4) is 0 Å². The van der Waals surface area contributed by atoms with Gasteiger partial charge in [0.1, 0.15) is 11.5 Å². The quantitative estimate of drug-likeness (QED) is 0.550. The second kappa shape index (κ2) is 6.93. The van der Waals surface area contributed by atoms with Crippen molar-refractivity contribution in [2.45, 2.75) is 0 Å². The maximum Gasteiger partial charge on any atom is 0.203 e. The molecule has 1 aromatic heterocycles. The summed E-state index contributed by atoms with van der Waals surface area (Å²) in [6.07, 6.45) is 1.67. The molecule has 0 bridgehead atoms. The number of phenolic OH excluding ortho intramolecular Hbond substituents is 1. The summed E-state index contributed by atoms with van der Waals surface area (Å²) in [6.45, 7) is 0. The van der Waals surface area contributed by atoms with Gasteiger partial charge in [0.05, 0.1) is 19.0 Å². The van der Waals surface area contributed by atoms with Gasteiger partial charge in [0, 0.05) is 10.9 Å². The summed E-state index contributed by atoms with van der Waals surface area (Å²) in [5.74, 6) is 1.04. The van der Waals surface area contributed by atoms with E-state index in [1.165, 1.54) is 11.3 Å². The van der Waals surface area contributed by atoms with E-state index in [1.807, 2.05) is 29.6 Å². The number of nitrogens with zero attached hydrogens (tertiary/aromatic N) is 2. The monoisotopic (exact) mass is 325 g/mol. The van der Waals surface area contributed by atoms with Gasteiger partial charge in [-0.15, -0.1) is 11.3 Å². The fourth-order valence-electron chi connectivity index (χ4n) is 1.96. The lowest BCUT2D eigenvalue weighted by Gasteiger charge is -2.01. The Morgan fingerprint density at radius 3 is 2.83 bits per heavy atom. The Balaban J connectivity index is 1.68. The second-order valence-electron chi connectivity index (χ2n) is 4.73. The number of nitrogens with one attached hydrogen (secondary N) is 1. The van der Waals surface area contributed by atoms with Crippen molar-refractivity contribution in [1.29, 1.82) is 0 Å². The molecule has 0 fully saturated rings. The molecule has 0 unspecified atom stereocenters. The van der Waals surface area contributed by atoms with Crippen LogP contribution in [0, 0.1) is 0 Å². The number of benzene rings is 2.